The lowest BCUT2D eigenvalue weighted by molar-refractivity contribution is -0.387. The Balaban J connectivity index is 1.46. The van der Waals surface area contributed by atoms with Crippen LogP contribution in [-0.4, -0.2) is 29.5 Å². The first-order chi connectivity index (χ1) is 18.7. The molecule has 0 saturated heterocycles. The molecular formula is C28H20BrN5O4S. The first-order valence-corrected chi connectivity index (χ1v) is 13.9. The molecule has 0 unspecified atom stereocenters. The highest BCUT2D eigenvalue weighted by molar-refractivity contribution is 9.10. The van der Waals surface area contributed by atoms with E-state index in [1.807, 2.05) is 55.5 Å². The third-order valence-electron chi connectivity index (χ3n) is 5.88. The summed E-state index contributed by atoms with van der Waals surface area (Å²) in [5, 5.41) is 16.8. The quantitative estimate of drug-likeness (QED) is 0.127. The van der Waals surface area contributed by atoms with Crippen molar-refractivity contribution in [1.82, 2.24) is 9.97 Å². The Labute approximate surface area is 232 Å². The van der Waals surface area contributed by atoms with E-state index in [2.05, 4.69) is 36.4 Å². The fraction of sp³-hybridized carbons (Fsp3) is 0.0357. The van der Waals surface area contributed by atoms with E-state index in [9.17, 15) is 18.5 Å². The Morgan fingerprint density at radius 1 is 0.949 bits per heavy atom. The smallest absolute Gasteiger partial charge is 0.258 e. The fourth-order valence-electron chi connectivity index (χ4n) is 3.96. The van der Waals surface area contributed by atoms with Crippen molar-refractivity contribution in [3.05, 3.63) is 117 Å². The summed E-state index contributed by atoms with van der Waals surface area (Å²) >= 11 is 3.49. The van der Waals surface area contributed by atoms with Crippen molar-refractivity contribution in [1.29, 1.82) is 0 Å². The standard InChI is InChI=1S/C28H20BrN5O4S/c1-18-7-11-22(12-8-18)39(37,38)26-14-9-19(15-25(26)34(35)36)17-30-33-28-31-24-13-10-21(29)16-23(24)27(32-28)20-5-3-2-4-6-20/h2-17H,1H3,(H,31,32,33)/b30-17-. The molecule has 1 aromatic heterocycles. The molecule has 0 aliphatic carbocycles. The van der Waals surface area contributed by atoms with Crippen molar-refractivity contribution in [3.63, 3.8) is 0 Å². The zero-order valence-corrected chi connectivity index (χ0v) is 22.8. The van der Waals surface area contributed by atoms with Gasteiger partial charge in [0.2, 0.25) is 15.8 Å². The van der Waals surface area contributed by atoms with Gasteiger partial charge >= 0.3 is 0 Å². The third kappa shape index (κ3) is 5.54. The number of anilines is 1. The largest absolute Gasteiger partial charge is 0.289 e. The monoisotopic (exact) mass is 601 g/mol. The molecule has 0 bridgehead atoms. The molecule has 0 spiro atoms. The molecule has 0 amide bonds. The summed E-state index contributed by atoms with van der Waals surface area (Å²) in [5.41, 5.74) is 5.75. The van der Waals surface area contributed by atoms with Crippen LogP contribution in [0.2, 0.25) is 0 Å². The minimum atomic E-state index is -4.09. The van der Waals surface area contributed by atoms with Crippen molar-refractivity contribution >= 4 is 54.5 Å². The number of benzene rings is 4. The van der Waals surface area contributed by atoms with Gasteiger partial charge < -0.3 is 0 Å². The highest BCUT2D eigenvalue weighted by atomic mass is 79.9. The molecule has 194 valence electrons. The van der Waals surface area contributed by atoms with Gasteiger partial charge in [0, 0.05) is 27.1 Å². The number of hydrogen-bond donors (Lipinski definition) is 1. The molecule has 11 heteroatoms. The van der Waals surface area contributed by atoms with Crippen LogP contribution >= 0.6 is 15.9 Å². The molecular weight excluding hydrogens is 582 g/mol. The molecule has 0 aliphatic rings. The molecule has 0 saturated carbocycles. The number of fused-ring (bicyclic) bond motifs is 1. The molecule has 0 atom stereocenters. The second-order valence-corrected chi connectivity index (χ2v) is 11.4. The van der Waals surface area contributed by atoms with E-state index >= 15 is 0 Å². The molecule has 0 aliphatic heterocycles. The van der Waals surface area contributed by atoms with E-state index in [1.54, 1.807) is 12.1 Å². The molecule has 5 rings (SSSR count). The molecule has 1 heterocycles. The van der Waals surface area contributed by atoms with Gasteiger partial charge in [-0.3, -0.25) is 10.1 Å². The number of nitrogens with one attached hydrogen (secondary N) is 1. The van der Waals surface area contributed by atoms with Crippen LogP contribution in [0.1, 0.15) is 11.1 Å². The minimum absolute atomic E-state index is 0.0195. The third-order valence-corrected chi connectivity index (χ3v) is 8.19. The van der Waals surface area contributed by atoms with Crippen molar-refractivity contribution in [2.24, 2.45) is 5.10 Å². The van der Waals surface area contributed by atoms with Crippen LogP contribution in [0.5, 0.6) is 0 Å². The fourth-order valence-corrected chi connectivity index (χ4v) is 5.73. The number of rotatable bonds is 7. The van der Waals surface area contributed by atoms with Gasteiger partial charge in [-0.1, -0.05) is 70.0 Å². The Hall–Kier alpha value is -4.48. The van der Waals surface area contributed by atoms with E-state index in [-0.39, 0.29) is 10.8 Å². The van der Waals surface area contributed by atoms with E-state index in [0.717, 1.165) is 21.0 Å². The van der Waals surface area contributed by atoms with E-state index in [4.69, 9.17) is 0 Å². The van der Waals surface area contributed by atoms with Crippen LogP contribution in [0, 0.1) is 17.0 Å². The highest BCUT2D eigenvalue weighted by Crippen LogP contribution is 2.31. The number of hydrogen-bond acceptors (Lipinski definition) is 8. The van der Waals surface area contributed by atoms with Crippen LogP contribution in [0.4, 0.5) is 11.6 Å². The normalized spacial score (nSPS) is 11.6. The van der Waals surface area contributed by atoms with Gasteiger partial charge in [0.15, 0.2) is 0 Å². The molecule has 1 N–H and O–H groups in total. The summed E-state index contributed by atoms with van der Waals surface area (Å²) in [5.74, 6) is 0.230. The number of sulfone groups is 1. The van der Waals surface area contributed by atoms with Gasteiger partial charge in [-0.2, -0.15) is 5.10 Å². The summed E-state index contributed by atoms with van der Waals surface area (Å²) in [7, 11) is -4.09. The maximum Gasteiger partial charge on any atom is 0.289 e. The van der Waals surface area contributed by atoms with Crippen LogP contribution in [0.15, 0.2) is 110 Å². The van der Waals surface area contributed by atoms with Crippen molar-refractivity contribution in [2.75, 3.05) is 5.43 Å². The first-order valence-electron chi connectivity index (χ1n) is 11.6. The molecule has 4 aromatic carbocycles. The lowest BCUT2D eigenvalue weighted by Crippen LogP contribution is -2.06. The summed E-state index contributed by atoms with van der Waals surface area (Å²) < 4.78 is 27.1. The summed E-state index contributed by atoms with van der Waals surface area (Å²) in [6, 6.07) is 25.3. The number of nitro groups is 1. The van der Waals surface area contributed by atoms with E-state index in [0.29, 0.717) is 16.8 Å². The number of hydrazone groups is 1. The lowest BCUT2D eigenvalue weighted by atomic mass is 10.1. The predicted octanol–water partition coefficient (Wildman–Crippen LogP) is 6.55. The second kappa shape index (κ2) is 10.7. The highest BCUT2D eigenvalue weighted by Gasteiger charge is 2.27. The summed E-state index contributed by atoms with van der Waals surface area (Å²) in [6.45, 7) is 1.82. The Morgan fingerprint density at radius 3 is 2.41 bits per heavy atom. The van der Waals surface area contributed by atoms with E-state index < -0.39 is 25.3 Å². The number of aromatic nitrogens is 2. The summed E-state index contributed by atoms with van der Waals surface area (Å²) in [6.07, 6.45) is 1.34. The van der Waals surface area contributed by atoms with Gasteiger partial charge in [0.1, 0.15) is 4.90 Å². The van der Waals surface area contributed by atoms with Gasteiger partial charge in [0.25, 0.3) is 5.69 Å². The minimum Gasteiger partial charge on any atom is -0.258 e. The number of halogens is 1. The Morgan fingerprint density at radius 2 is 1.69 bits per heavy atom. The molecule has 39 heavy (non-hydrogen) atoms. The zero-order valence-electron chi connectivity index (χ0n) is 20.4. The van der Waals surface area contributed by atoms with Crippen LogP contribution < -0.4 is 5.43 Å². The van der Waals surface area contributed by atoms with E-state index in [1.165, 1.54) is 36.5 Å². The average Bonchev–Trinajstić information content (AvgIpc) is 2.93. The van der Waals surface area contributed by atoms with Crippen molar-refractivity contribution < 1.29 is 13.3 Å². The molecule has 5 aromatic rings. The predicted molar refractivity (Wildman–Crippen MR) is 154 cm³/mol. The van der Waals surface area contributed by atoms with Crippen LogP contribution in [-0.2, 0) is 9.84 Å². The van der Waals surface area contributed by atoms with Gasteiger partial charge in [-0.05, 0) is 43.3 Å². The topological polar surface area (TPSA) is 127 Å². The van der Waals surface area contributed by atoms with Gasteiger partial charge in [-0.25, -0.2) is 23.8 Å². The zero-order chi connectivity index (χ0) is 27.6. The number of nitro benzene ring substituents is 1. The molecule has 0 fully saturated rings. The van der Waals surface area contributed by atoms with Gasteiger partial charge in [-0.15, -0.1) is 0 Å². The van der Waals surface area contributed by atoms with Crippen LogP contribution in [0.3, 0.4) is 0 Å². The van der Waals surface area contributed by atoms with Crippen molar-refractivity contribution in [3.8, 4) is 11.3 Å². The summed E-state index contributed by atoms with van der Waals surface area (Å²) in [4.78, 5) is 19.8. The van der Waals surface area contributed by atoms with Crippen molar-refractivity contribution in [2.45, 2.75) is 16.7 Å². The molecule has 9 nitrogen and oxygen atoms in total. The lowest BCUT2D eigenvalue weighted by Gasteiger charge is -2.09. The Bertz CT molecular complexity index is 1840. The average molecular weight is 602 g/mol. The number of nitrogens with zero attached hydrogens (tertiary/aromatic N) is 4. The maximum absolute atomic E-state index is 13.1. The second-order valence-electron chi connectivity index (χ2n) is 8.59. The van der Waals surface area contributed by atoms with Gasteiger partial charge in [0.05, 0.1) is 27.2 Å². The number of aryl methyl sites for hydroxylation is 1. The molecule has 0 radical (unpaired) electrons. The Kier molecular flexibility index (Phi) is 7.18. The SMILES string of the molecule is Cc1ccc(S(=O)(=O)c2ccc(/C=N\Nc3nc(-c4ccccc4)c4cc(Br)ccc4n3)cc2[N+](=O)[O-])cc1. The van der Waals surface area contributed by atoms with Crippen LogP contribution in [0.25, 0.3) is 22.2 Å². The first kappa shape index (κ1) is 26.1. The maximum atomic E-state index is 13.1.